The number of fused-ring (bicyclic) bond motifs is 1. The van der Waals surface area contributed by atoms with Crippen LogP contribution in [-0.4, -0.2) is 36.6 Å². The highest BCUT2D eigenvalue weighted by Gasteiger charge is 2.10. The molecule has 0 radical (unpaired) electrons. The van der Waals surface area contributed by atoms with Gasteiger partial charge in [-0.05, 0) is 37.1 Å². The maximum absolute atomic E-state index is 8.84. The van der Waals surface area contributed by atoms with Crippen molar-refractivity contribution in [2.75, 3.05) is 26.4 Å². The lowest BCUT2D eigenvalue weighted by Crippen LogP contribution is -2.03. The minimum absolute atomic E-state index is 0.314. The van der Waals surface area contributed by atoms with Crippen molar-refractivity contribution in [2.45, 2.75) is 89.9 Å². The summed E-state index contributed by atoms with van der Waals surface area (Å²) in [5.41, 5.74) is 0. The summed E-state index contributed by atoms with van der Waals surface area (Å²) in [5, 5.41) is 20.0. The number of benzene rings is 2. The van der Waals surface area contributed by atoms with Crippen LogP contribution in [0.15, 0.2) is 36.4 Å². The van der Waals surface area contributed by atoms with Crippen molar-refractivity contribution >= 4 is 10.8 Å². The number of hydrogen-bond donors (Lipinski definition) is 2. The Labute approximate surface area is 194 Å². The molecule has 32 heavy (non-hydrogen) atoms. The van der Waals surface area contributed by atoms with Gasteiger partial charge in [0, 0.05) is 18.6 Å². The van der Waals surface area contributed by atoms with Crippen molar-refractivity contribution in [3.05, 3.63) is 36.4 Å². The van der Waals surface area contributed by atoms with E-state index >= 15 is 0 Å². The molecule has 4 nitrogen and oxygen atoms in total. The van der Waals surface area contributed by atoms with Gasteiger partial charge in [0.25, 0.3) is 0 Å². The first-order valence-corrected chi connectivity index (χ1v) is 12.9. The zero-order valence-corrected chi connectivity index (χ0v) is 19.9. The number of aliphatic hydroxyl groups excluding tert-OH is 2. The summed E-state index contributed by atoms with van der Waals surface area (Å²) in [5.74, 6) is 1.74. The largest absolute Gasteiger partial charge is 0.490 e. The van der Waals surface area contributed by atoms with Gasteiger partial charge in [0.2, 0.25) is 0 Å². The molecule has 0 aromatic heterocycles. The maximum Gasteiger partial charge on any atom is 0.168 e. The van der Waals surface area contributed by atoms with Crippen LogP contribution in [0.2, 0.25) is 0 Å². The predicted molar refractivity (Wildman–Crippen MR) is 134 cm³/mol. The third-order valence-corrected chi connectivity index (χ3v) is 5.95. The molecular weight excluding hydrogens is 400 g/mol. The Hall–Kier alpha value is -1.78. The van der Waals surface area contributed by atoms with E-state index in [1.54, 1.807) is 0 Å². The number of rotatable bonds is 20. The summed E-state index contributed by atoms with van der Waals surface area (Å²) in [4.78, 5) is 0. The number of aliphatic hydroxyl groups is 2. The van der Waals surface area contributed by atoms with Crippen LogP contribution in [0.4, 0.5) is 0 Å². The molecule has 0 saturated carbocycles. The van der Waals surface area contributed by atoms with Crippen LogP contribution in [0.3, 0.4) is 0 Å². The molecule has 2 aromatic rings. The van der Waals surface area contributed by atoms with Crippen LogP contribution in [0, 0.1) is 0 Å². The quantitative estimate of drug-likeness (QED) is 0.215. The van der Waals surface area contributed by atoms with Crippen LogP contribution in [0.1, 0.15) is 89.9 Å². The highest BCUT2D eigenvalue weighted by molar-refractivity contribution is 5.90. The van der Waals surface area contributed by atoms with Crippen LogP contribution in [0.25, 0.3) is 10.8 Å². The minimum atomic E-state index is 0.314. The lowest BCUT2D eigenvalue weighted by atomic mass is 10.1. The van der Waals surface area contributed by atoms with Crippen molar-refractivity contribution in [3.8, 4) is 11.5 Å². The Morgan fingerprint density at radius 1 is 0.500 bits per heavy atom. The van der Waals surface area contributed by atoms with Crippen molar-refractivity contribution in [1.82, 2.24) is 0 Å². The van der Waals surface area contributed by atoms with Crippen LogP contribution < -0.4 is 9.47 Å². The topological polar surface area (TPSA) is 58.9 Å². The third kappa shape index (κ3) is 10.7. The molecule has 0 aliphatic rings. The summed E-state index contributed by atoms with van der Waals surface area (Å²) >= 11 is 0. The van der Waals surface area contributed by atoms with Gasteiger partial charge in [-0.1, -0.05) is 94.5 Å². The summed E-state index contributed by atoms with van der Waals surface area (Å²) < 4.78 is 12.4. The molecule has 180 valence electrons. The monoisotopic (exact) mass is 444 g/mol. The summed E-state index contributed by atoms with van der Waals surface area (Å²) in [6, 6.07) is 12.5. The second-order valence-electron chi connectivity index (χ2n) is 8.71. The Balaban J connectivity index is 1.74. The molecule has 0 aliphatic heterocycles. The number of ether oxygens (including phenoxy) is 2. The standard InChI is InChI=1S/C28H44O4/c29-21-13-7-3-1-5-9-15-23-31-27-20-19-25-17-11-12-18-26(25)28(27)32-24-16-10-6-2-4-8-14-22-30/h11-12,17-20,29-30H,1-10,13-16,21-24H2. The maximum atomic E-state index is 8.84. The van der Waals surface area contributed by atoms with Gasteiger partial charge >= 0.3 is 0 Å². The average Bonchev–Trinajstić information content (AvgIpc) is 2.82. The molecule has 2 rings (SSSR count). The first-order chi connectivity index (χ1) is 15.9. The van der Waals surface area contributed by atoms with Gasteiger partial charge in [-0.25, -0.2) is 0 Å². The van der Waals surface area contributed by atoms with Gasteiger partial charge < -0.3 is 19.7 Å². The van der Waals surface area contributed by atoms with E-state index in [0.717, 1.165) is 68.6 Å². The van der Waals surface area contributed by atoms with E-state index in [-0.39, 0.29) is 0 Å². The van der Waals surface area contributed by atoms with E-state index in [1.807, 2.05) is 6.07 Å². The van der Waals surface area contributed by atoms with E-state index in [9.17, 15) is 0 Å². The zero-order valence-electron chi connectivity index (χ0n) is 19.9. The van der Waals surface area contributed by atoms with Crippen molar-refractivity contribution in [3.63, 3.8) is 0 Å². The Kier molecular flexibility index (Phi) is 14.7. The van der Waals surface area contributed by atoms with E-state index in [0.29, 0.717) is 13.2 Å². The van der Waals surface area contributed by atoms with E-state index in [2.05, 4.69) is 30.3 Å². The van der Waals surface area contributed by atoms with Crippen LogP contribution in [-0.2, 0) is 0 Å². The molecule has 4 heteroatoms. The number of hydrogen-bond acceptors (Lipinski definition) is 4. The lowest BCUT2D eigenvalue weighted by molar-refractivity contribution is 0.260. The van der Waals surface area contributed by atoms with E-state index in [4.69, 9.17) is 19.7 Å². The normalized spacial score (nSPS) is 11.2. The van der Waals surface area contributed by atoms with Crippen molar-refractivity contribution in [2.24, 2.45) is 0 Å². The van der Waals surface area contributed by atoms with Gasteiger partial charge in [0.1, 0.15) is 0 Å². The van der Waals surface area contributed by atoms with E-state index in [1.165, 1.54) is 56.8 Å². The Bertz CT molecular complexity index is 716. The Morgan fingerprint density at radius 3 is 1.59 bits per heavy atom. The van der Waals surface area contributed by atoms with Gasteiger partial charge in [0.15, 0.2) is 11.5 Å². The summed E-state index contributed by atoms with van der Waals surface area (Å²) in [6.45, 7) is 2.07. The first-order valence-electron chi connectivity index (χ1n) is 12.9. The second kappa shape index (κ2) is 17.7. The van der Waals surface area contributed by atoms with Crippen LogP contribution in [0.5, 0.6) is 11.5 Å². The fourth-order valence-electron chi connectivity index (χ4n) is 4.04. The molecule has 0 unspecified atom stereocenters. The molecule has 2 N–H and O–H groups in total. The van der Waals surface area contributed by atoms with E-state index < -0.39 is 0 Å². The lowest BCUT2D eigenvalue weighted by Gasteiger charge is -2.15. The average molecular weight is 445 g/mol. The smallest absolute Gasteiger partial charge is 0.168 e. The Morgan fingerprint density at radius 2 is 1.00 bits per heavy atom. The molecule has 2 aromatic carbocycles. The molecule has 0 saturated heterocycles. The van der Waals surface area contributed by atoms with Gasteiger partial charge in [-0.2, -0.15) is 0 Å². The van der Waals surface area contributed by atoms with Crippen LogP contribution >= 0.6 is 0 Å². The molecule has 0 fully saturated rings. The first kappa shape index (κ1) is 26.5. The van der Waals surface area contributed by atoms with Crippen molar-refractivity contribution in [1.29, 1.82) is 0 Å². The highest BCUT2D eigenvalue weighted by atomic mass is 16.5. The highest BCUT2D eigenvalue weighted by Crippen LogP contribution is 2.36. The molecular formula is C28H44O4. The number of unbranched alkanes of at least 4 members (excludes halogenated alkanes) is 12. The SMILES string of the molecule is OCCCCCCCCCOc1ccc2ccccc2c1OCCCCCCCCCO. The second-order valence-corrected chi connectivity index (χ2v) is 8.71. The molecule has 0 aliphatic carbocycles. The molecule has 0 bridgehead atoms. The predicted octanol–water partition coefficient (Wildman–Crippen LogP) is 7.04. The third-order valence-electron chi connectivity index (χ3n) is 5.95. The van der Waals surface area contributed by atoms with Gasteiger partial charge in [-0.15, -0.1) is 0 Å². The minimum Gasteiger partial charge on any atom is -0.490 e. The fraction of sp³-hybridized carbons (Fsp3) is 0.643. The summed E-state index contributed by atoms with van der Waals surface area (Å²) in [6.07, 6.45) is 16.0. The molecule has 0 amide bonds. The zero-order chi connectivity index (χ0) is 22.7. The summed E-state index contributed by atoms with van der Waals surface area (Å²) in [7, 11) is 0. The van der Waals surface area contributed by atoms with Crippen molar-refractivity contribution < 1.29 is 19.7 Å². The molecule has 0 heterocycles. The molecule has 0 atom stereocenters. The fourth-order valence-corrected chi connectivity index (χ4v) is 4.04. The van der Waals surface area contributed by atoms with Gasteiger partial charge in [-0.3, -0.25) is 0 Å². The van der Waals surface area contributed by atoms with Gasteiger partial charge in [0.05, 0.1) is 13.2 Å². The molecule has 0 spiro atoms.